The van der Waals surface area contributed by atoms with Gasteiger partial charge in [0.25, 0.3) is 5.91 Å². The molecule has 28 heavy (non-hydrogen) atoms. The van der Waals surface area contributed by atoms with Gasteiger partial charge in [0.05, 0.1) is 17.2 Å². The molecule has 0 aromatic heterocycles. The topological polar surface area (TPSA) is 87.2 Å². The highest BCUT2D eigenvalue weighted by Gasteiger charge is 2.35. The maximum absolute atomic E-state index is 12.8. The van der Waals surface area contributed by atoms with E-state index in [0.29, 0.717) is 44.0 Å². The van der Waals surface area contributed by atoms with Gasteiger partial charge in [-0.1, -0.05) is 15.9 Å². The molecule has 2 amide bonds. The van der Waals surface area contributed by atoms with Crippen molar-refractivity contribution in [3.05, 3.63) is 22.7 Å². The second kappa shape index (κ2) is 7.64. The van der Waals surface area contributed by atoms with E-state index in [4.69, 9.17) is 4.74 Å². The number of anilines is 1. The molecule has 1 aromatic rings. The van der Waals surface area contributed by atoms with Crippen molar-refractivity contribution in [3.8, 4) is 5.75 Å². The summed E-state index contributed by atoms with van der Waals surface area (Å²) in [5.74, 6) is 0.705. The number of piperazine rings is 1. The molecule has 0 N–H and O–H groups in total. The van der Waals surface area contributed by atoms with E-state index in [9.17, 15) is 18.0 Å². The summed E-state index contributed by atoms with van der Waals surface area (Å²) in [4.78, 5) is 30.5. The molecule has 0 spiro atoms. The van der Waals surface area contributed by atoms with Crippen LogP contribution in [0.1, 0.15) is 6.42 Å². The average Bonchev–Trinajstić information content (AvgIpc) is 3.04. The molecule has 152 valence electrons. The summed E-state index contributed by atoms with van der Waals surface area (Å²) in [6, 6.07) is 5.43. The third-order valence-corrected chi connectivity index (χ3v) is 7.79. The zero-order chi connectivity index (χ0) is 19.9. The van der Waals surface area contributed by atoms with E-state index >= 15 is 0 Å². The zero-order valence-corrected chi connectivity index (χ0v) is 17.7. The first-order chi connectivity index (χ1) is 13.3. The highest BCUT2D eigenvalue weighted by atomic mass is 79.9. The van der Waals surface area contributed by atoms with Gasteiger partial charge >= 0.3 is 0 Å². The Kier molecular flexibility index (Phi) is 5.36. The Balaban J connectivity index is 1.37. The molecule has 0 radical (unpaired) electrons. The van der Waals surface area contributed by atoms with Gasteiger partial charge in [-0.3, -0.25) is 19.4 Å². The van der Waals surface area contributed by atoms with Crippen molar-refractivity contribution in [2.24, 2.45) is 0 Å². The van der Waals surface area contributed by atoms with Crippen molar-refractivity contribution in [1.29, 1.82) is 0 Å². The minimum atomic E-state index is -2.91. The fraction of sp³-hybridized carbons (Fsp3) is 0.556. The van der Waals surface area contributed by atoms with Gasteiger partial charge in [-0.15, -0.1) is 0 Å². The summed E-state index contributed by atoms with van der Waals surface area (Å²) in [5, 5.41) is 0. The summed E-state index contributed by atoms with van der Waals surface area (Å²) < 4.78 is 29.7. The van der Waals surface area contributed by atoms with Crippen LogP contribution in [-0.2, 0) is 19.4 Å². The standard InChI is InChI=1S/C18H22BrN3O5S/c19-13-1-2-15-16(9-13)27-11-18(24)22(15)10-17(23)21-6-4-20(5-7-21)14-3-8-28(25,26)12-14/h1-2,9,14H,3-8,10-12H2. The molecule has 1 unspecified atom stereocenters. The van der Waals surface area contributed by atoms with Crippen LogP contribution in [-0.4, -0.2) is 86.9 Å². The van der Waals surface area contributed by atoms with Crippen LogP contribution >= 0.6 is 15.9 Å². The summed E-state index contributed by atoms with van der Waals surface area (Å²) in [5.41, 5.74) is 0.600. The third kappa shape index (κ3) is 4.04. The lowest BCUT2D eigenvalue weighted by Crippen LogP contribution is -2.55. The number of nitrogens with zero attached hydrogens (tertiary/aromatic N) is 3. The molecule has 2 saturated heterocycles. The molecule has 3 heterocycles. The lowest BCUT2D eigenvalue weighted by molar-refractivity contribution is -0.133. The summed E-state index contributed by atoms with van der Waals surface area (Å²) in [6.45, 7) is 2.30. The molecule has 10 heteroatoms. The van der Waals surface area contributed by atoms with Crippen LogP contribution in [0.4, 0.5) is 5.69 Å². The number of carbonyl (C=O) groups excluding carboxylic acids is 2. The molecular weight excluding hydrogens is 450 g/mol. The number of rotatable bonds is 3. The van der Waals surface area contributed by atoms with Crippen LogP contribution in [0.15, 0.2) is 22.7 Å². The van der Waals surface area contributed by atoms with E-state index in [2.05, 4.69) is 20.8 Å². The zero-order valence-electron chi connectivity index (χ0n) is 15.3. The Morgan fingerprint density at radius 1 is 1.21 bits per heavy atom. The van der Waals surface area contributed by atoms with Gasteiger partial charge in [-0.25, -0.2) is 8.42 Å². The van der Waals surface area contributed by atoms with Crippen molar-refractivity contribution < 1.29 is 22.7 Å². The van der Waals surface area contributed by atoms with E-state index in [1.54, 1.807) is 17.0 Å². The molecule has 4 rings (SSSR count). The average molecular weight is 472 g/mol. The lowest BCUT2D eigenvalue weighted by atomic mass is 10.2. The monoisotopic (exact) mass is 471 g/mol. The van der Waals surface area contributed by atoms with E-state index < -0.39 is 9.84 Å². The maximum atomic E-state index is 12.8. The van der Waals surface area contributed by atoms with Crippen LogP contribution in [0, 0.1) is 0 Å². The SMILES string of the molecule is O=C(CN1C(=O)COc2cc(Br)ccc21)N1CCN(C2CCS(=O)(=O)C2)CC1. The van der Waals surface area contributed by atoms with Crippen LogP contribution < -0.4 is 9.64 Å². The van der Waals surface area contributed by atoms with Crippen LogP contribution in [0.25, 0.3) is 0 Å². The number of hydrogen-bond donors (Lipinski definition) is 0. The molecule has 8 nitrogen and oxygen atoms in total. The third-order valence-electron chi connectivity index (χ3n) is 5.55. The van der Waals surface area contributed by atoms with Gasteiger partial charge in [-0.2, -0.15) is 0 Å². The Labute approximate surface area is 172 Å². The van der Waals surface area contributed by atoms with Crippen molar-refractivity contribution in [2.75, 3.05) is 55.7 Å². The van der Waals surface area contributed by atoms with Crippen molar-refractivity contribution in [3.63, 3.8) is 0 Å². The number of carbonyl (C=O) groups is 2. The largest absolute Gasteiger partial charge is 0.482 e. The van der Waals surface area contributed by atoms with Gasteiger partial charge in [0, 0.05) is 36.7 Å². The molecule has 1 aromatic carbocycles. The number of sulfone groups is 1. The molecule has 0 saturated carbocycles. The second-order valence-corrected chi connectivity index (χ2v) is 10.5. The van der Waals surface area contributed by atoms with Crippen LogP contribution in [0.3, 0.4) is 0 Å². The normalized spacial score (nSPS) is 24.8. The van der Waals surface area contributed by atoms with Gasteiger partial charge in [0.2, 0.25) is 5.91 Å². The Hall–Kier alpha value is -1.65. The van der Waals surface area contributed by atoms with E-state index in [0.717, 1.165) is 4.47 Å². The van der Waals surface area contributed by atoms with Crippen molar-refractivity contribution in [1.82, 2.24) is 9.80 Å². The minimum Gasteiger partial charge on any atom is -0.482 e. The quantitative estimate of drug-likeness (QED) is 0.637. The van der Waals surface area contributed by atoms with Gasteiger partial charge in [0.1, 0.15) is 12.3 Å². The highest BCUT2D eigenvalue weighted by molar-refractivity contribution is 9.10. The molecule has 0 bridgehead atoms. The van der Waals surface area contributed by atoms with Gasteiger partial charge in [0.15, 0.2) is 16.4 Å². The molecule has 3 aliphatic heterocycles. The number of halogens is 1. The maximum Gasteiger partial charge on any atom is 0.265 e. The molecule has 1 atom stereocenters. The summed E-state index contributed by atoms with van der Waals surface area (Å²) >= 11 is 3.38. The lowest BCUT2D eigenvalue weighted by Gasteiger charge is -2.38. The smallest absolute Gasteiger partial charge is 0.265 e. The van der Waals surface area contributed by atoms with Gasteiger partial charge < -0.3 is 9.64 Å². The first-order valence-corrected chi connectivity index (χ1v) is 11.9. The van der Waals surface area contributed by atoms with Crippen LogP contribution in [0.5, 0.6) is 5.75 Å². The minimum absolute atomic E-state index is 0.0192. The number of fused-ring (bicyclic) bond motifs is 1. The molecule has 2 fully saturated rings. The van der Waals surface area contributed by atoms with E-state index in [1.165, 1.54) is 4.90 Å². The predicted molar refractivity (Wildman–Crippen MR) is 107 cm³/mol. The number of ether oxygens (including phenoxy) is 1. The molecular formula is C18H22BrN3O5S. The predicted octanol–water partition coefficient (Wildman–Crippen LogP) is 0.506. The highest BCUT2D eigenvalue weighted by Crippen LogP contribution is 2.34. The number of hydrogen-bond acceptors (Lipinski definition) is 6. The van der Waals surface area contributed by atoms with Crippen molar-refractivity contribution >= 4 is 43.3 Å². The van der Waals surface area contributed by atoms with E-state index in [-0.39, 0.29) is 42.5 Å². The molecule has 0 aliphatic carbocycles. The van der Waals surface area contributed by atoms with Gasteiger partial charge in [-0.05, 0) is 24.6 Å². The van der Waals surface area contributed by atoms with E-state index in [1.807, 2.05) is 6.07 Å². The van der Waals surface area contributed by atoms with Crippen molar-refractivity contribution in [2.45, 2.75) is 12.5 Å². The number of benzene rings is 1. The Morgan fingerprint density at radius 2 is 1.96 bits per heavy atom. The Bertz CT molecular complexity index is 898. The second-order valence-electron chi connectivity index (χ2n) is 7.35. The summed E-state index contributed by atoms with van der Waals surface area (Å²) in [7, 11) is -2.91. The fourth-order valence-electron chi connectivity index (χ4n) is 3.99. The fourth-order valence-corrected chi connectivity index (χ4v) is 6.09. The first-order valence-electron chi connectivity index (χ1n) is 9.27. The Morgan fingerprint density at radius 3 is 2.64 bits per heavy atom. The summed E-state index contributed by atoms with van der Waals surface area (Å²) in [6.07, 6.45) is 0.672. The van der Waals surface area contributed by atoms with Crippen LogP contribution in [0.2, 0.25) is 0 Å². The first kappa shape index (κ1) is 19.7. The number of amides is 2. The molecule has 3 aliphatic rings.